The topological polar surface area (TPSA) is 48.0 Å². The molecular formula is C23H20ClNO4. The maximum atomic E-state index is 13.7. The number of benzene rings is 3. The molecule has 0 fully saturated rings. The van der Waals surface area contributed by atoms with E-state index in [1.54, 1.807) is 17.0 Å². The number of methoxy groups -OCH3 is 3. The van der Waals surface area contributed by atoms with Crippen LogP contribution in [0.5, 0.6) is 17.2 Å². The molecule has 0 radical (unpaired) electrons. The molecule has 0 unspecified atom stereocenters. The molecule has 148 valence electrons. The molecule has 1 heterocycles. The van der Waals surface area contributed by atoms with Crippen molar-refractivity contribution in [3.63, 3.8) is 0 Å². The Morgan fingerprint density at radius 2 is 1.52 bits per heavy atom. The van der Waals surface area contributed by atoms with Crippen molar-refractivity contribution < 1.29 is 19.0 Å². The summed E-state index contributed by atoms with van der Waals surface area (Å²) < 4.78 is 16.2. The third kappa shape index (κ3) is 3.28. The highest BCUT2D eigenvalue weighted by atomic mass is 35.5. The van der Waals surface area contributed by atoms with Crippen molar-refractivity contribution >= 4 is 28.9 Å². The first-order chi connectivity index (χ1) is 14.1. The van der Waals surface area contributed by atoms with Gasteiger partial charge >= 0.3 is 0 Å². The van der Waals surface area contributed by atoms with E-state index in [1.807, 2.05) is 42.5 Å². The number of carbonyl (C=O) groups is 1. The van der Waals surface area contributed by atoms with Gasteiger partial charge in [-0.2, -0.15) is 0 Å². The minimum atomic E-state index is -0.208. The minimum absolute atomic E-state index is 0.208. The average molecular weight is 410 g/mol. The number of fused-ring (bicyclic) bond motifs is 2. The summed E-state index contributed by atoms with van der Waals surface area (Å²) in [5, 5.41) is 0.575. The highest BCUT2D eigenvalue weighted by Gasteiger charge is 2.30. The Kier molecular flexibility index (Phi) is 5.07. The SMILES string of the molecule is COc1cc(C(=O)N2c3ccccc3Cc3ccc(Cl)cc32)cc(OC)c1OC. The summed E-state index contributed by atoms with van der Waals surface area (Å²) in [4.78, 5) is 15.4. The Morgan fingerprint density at radius 1 is 0.862 bits per heavy atom. The monoisotopic (exact) mass is 409 g/mol. The van der Waals surface area contributed by atoms with Crippen LogP contribution in [0.15, 0.2) is 54.6 Å². The van der Waals surface area contributed by atoms with Crippen molar-refractivity contribution in [1.82, 2.24) is 0 Å². The lowest BCUT2D eigenvalue weighted by molar-refractivity contribution is 0.0997. The van der Waals surface area contributed by atoms with Crippen LogP contribution < -0.4 is 19.1 Å². The van der Waals surface area contributed by atoms with Crippen molar-refractivity contribution in [3.8, 4) is 17.2 Å². The number of hydrogen-bond acceptors (Lipinski definition) is 4. The zero-order valence-corrected chi connectivity index (χ0v) is 17.1. The van der Waals surface area contributed by atoms with E-state index in [9.17, 15) is 4.79 Å². The van der Waals surface area contributed by atoms with Crippen LogP contribution in [-0.2, 0) is 6.42 Å². The number of carbonyl (C=O) groups excluding carboxylic acids is 1. The van der Waals surface area contributed by atoms with Gasteiger partial charge in [0, 0.05) is 17.0 Å². The quantitative estimate of drug-likeness (QED) is 0.590. The Balaban J connectivity index is 1.89. The second kappa shape index (κ2) is 7.68. The predicted octanol–water partition coefficient (Wildman–Crippen LogP) is 5.25. The van der Waals surface area contributed by atoms with Gasteiger partial charge in [0.25, 0.3) is 5.91 Å². The van der Waals surface area contributed by atoms with Crippen LogP contribution in [0.4, 0.5) is 11.4 Å². The smallest absolute Gasteiger partial charge is 0.263 e. The maximum Gasteiger partial charge on any atom is 0.263 e. The summed E-state index contributed by atoms with van der Waals surface area (Å²) in [5.41, 5.74) is 4.13. The van der Waals surface area contributed by atoms with Gasteiger partial charge in [-0.3, -0.25) is 9.69 Å². The Morgan fingerprint density at radius 3 is 2.17 bits per heavy atom. The van der Waals surface area contributed by atoms with Gasteiger partial charge in [0.05, 0.1) is 32.7 Å². The lowest BCUT2D eigenvalue weighted by atomic mass is 9.95. The van der Waals surface area contributed by atoms with Gasteiger partial charge in [0.2, 0.25) is 5.75 Å². The van der Waals surface area contributed by atoms with Gasteiger partial charge in [-0.05, 0) is 41.5 Å². The van der Waals surface area contributed by atoms with Crippen LogP contribution in [0.25, 0.3) is 0 Å². The average Bonchev–Trinajstić information content (AvgIpc) is 2.75. The van der Waals surface area contributed by atoms with Crippen LogP contribution in [0, 0.1) is 0 Å². The van der Waals surface area contributed by atoms with Crippen molar-refractivity contribution in [2.45, 2.75) is 6.42 Å². The van der Waals surface area contributed by atoms with Crippen LogP contribution >= 0.6 is 11.6 Å². The lowest BCUT2D eigenvalue weighted by Gasteiger charge is -2.32. The Bertz CT molecular complexity index is 1070. The van der Waals surface area contributed by atoms with Gasteiger partial charge in [0.15, 0.2) is 11.5 Å². The van der Waals surface area contributed by atoms with E-state index in [0.29, 0.717) is 27.8 Å². The van der Waals surface area contributed by atoms with E-state index in [-0.39, 0.29) is 5.91 Å². The van der Waals surface area contributed by atoms with Gasteiger partial charge < -0.3 is 14.2 Å². The van der Waals surface area contributed by atoms with E-state index in [4.69, 9.17) is 25.8 Å². The van der Waals surface area contributed by atoms with Crippen LogP contribution in [0.2, 0.25) is 5.02 Å². The highest BCUT2D eigenvalue weighted by molar-refractivity contribution is 6.31. The summed E-state index contributed by atoms with van der Waals surface area (Å²) in [6, 6.07) is 16.8. The molecule has 0 N–H and O–H groups in total. The standard InChI is InChI=1S/C23H20ClNO4/c1-27-20-11-16(12-21(28-2)22(20)29-3)23(26)25-18-7-5-4-6-14(18)10-15-8-9-17(24)13-19(15)25/h4-9,11-13H,10H2,1-3H3. The molecule has 0 bridgehead atoms. The van der Waals surface area contributed by atoms with E-state index < -0.39 is 0 Å². The summed E-state index contributed by atoms with van der Waals surface area (Å²) in [5.74, 6) is 1.08. The molecule has 3 aromatic rings. The number of rotatable bonds is 4. The van der Waals surface area contributed by atoms with Gasteiger partial charge in [-0.25, -0.2) is 0 Å². The predicted molar refractivity (Wildman–Crippen MR) is 113 cm³/mol. The van der Waals surface area contributed by atoms with E-state index >= 15 is 0 Å². The largest absolute Gasteiger partial charge is 0.493 e. The fourth-order valence-corrected chi connectivity index (χ4v) is 3.83. The van der Waals surface area contributed by atoms with Crippen molar-refractivity contribution in [2.24, 2.45) is 0 Å². The minimum Gasteiger partial charge on any atom is -0.493 e. The molecule has 3 aromatic carbocycles. The molecule has 0 aromatic heterocycles. The zero-order valence-electron chi connectivity index (χ0n) is 16.4. The van der Waals surface area contributed by atoms with E-state index in [0.717, 1.165) is 28.9 Å². The third-order valence-electron chi connectivity index (χ3n) is 5.02. The number of amides is 1. The second-order valence-corrected chi connectivity index (χ2v) is 7.07. The molecule has 29 heavy (non-hydrogen) atoms. The first-order valence-electron chi connectivity index (χ1n) is 9.08. The number of anilines is 2. The first kappa shape index (κ1) is 19.2. The number of halogens is 1. The van der Waals surface area contributed by atoms with Crippen LogP contribution in [0.1, 0.15) is 21.5 Å². The van der Waals surface area contributed by atoms with Gasteiger partial charge in [-0.1, -0.05) is 35.9 Å². The molecule has 4 rings (SSSR count). The van der Waals surface area contributed by atoms with Crippen molar-refractivity contribution in [2.75, 3.05) is 26.2 Å². The molecule has 0 saturated heterocycles. The number of para-hydroxylation sites is 1. The van der Waals surface area contributed by atoms with Crippen molar-refractivity contribution in [1.29, 1.82) is 0 Å². The lowest BCUT2D eigenvalue weighted by Crippen LogP contribution is -2.30. The molecule has 0 atom stereocenters. The number of nitrogens with zero attached hydrogens (tertiary/aromatic N) is 1. The summed E-state index contributed by atoms with van der Waals surface area (Å²) in [7, 11) is 4.58. The van der Waals surface area contributed by atoms with Gasteiger partial charge in [-0.15, -0.1) is 0 Å². The molecule has 5 nitrogen and oxygen atoms in total. The Hall–Kier alpha value is -3.18. The molecular weight excluding hydrogens is 390 g/mol. The summed E-state index contributed by atoms with van der Waals surface area (Å²) >= 11 is 6.26. The first-order valence-corrected chi connectivity index (χ1v) is 9.46. The molecule has 0 aliphatic carbocycles. The molecule has 6 heteroatoms. The summed E-state index contributed by atoms with van der Waals surface area (Å²) in [6.07, 6.45) is 0.738. The second-order valence-electron chi connectivity index (χ2n) is 6.63. The fourth-order valence-electron chi connectivity index (χ4n) is 3.66. The highest BCUT2D eigenvalue weighted by Crippen LogP contribution is 2.43. The zero-order chi connectivity index (χ0) is 20.5. The Labute approximate surface area is 174 Å². The fraction of sp³-hybridized carbons (Fsp3) is 0.174. The van der Waals surface area contributed by atoms with Crippen LogP contribution in [-0.4, -0.2) is 27.2 Å². The number of ether oxygens (including phenoxy) is 3. The molecule has 1 aliphatic heterocycles. The van der Waals surface area contributed by atoms with Crippen molar-refractivity contribution in [3.05, 3.63) is 76.3 Å². The summed E-state index contributed by atoms with van der Waals surface area (Å²) in [6.45, 7) is 0. The van der Waals surface area contributed by atoms with Gasteiger partial charge in [0.1, 0.15) is 0 Å². The molecule has 0 saturated carbocycles. The molecule has 1 amide bonds. The maximum absolute atomic E-state index is 13.7. The number of hydrogen-bond donors (Lipinski definition) is 0. The van der Waals surface area contributed by atoms with E-state index in [1.165, 1.54) is 21.3 Å². The normalized spacial score (nSPS) is 12.1. The van der Waals surface area contributed by atoms with Crippen LogP contribution in [0.3, 0.4) is 0 Å². The molecule has 1 aliphatic rings. The molecule has 0 spiro atoms. The van der Waals surface area contributed by atoms with E-state index in [2.05, 4.69) is 0 Å². The third-order valence-corrected chi connectivity index (χ3v) is 5.25.